The number of nitrogens with zero attached hydrogens (tertiary/aromatic N) is 2. The average Bonchev–Trinajstić information content (AvgIpc) is 2.63. The number of hydrogen-bond acceptors (Lipinski definition) is 4. The molecule has 3 rings (SSSR count). The molecular weight excluding hydrogens is 363 g/mol. The number of alkyl halides is 3. The zero-order chi connectivity index (χ0) is 19.4. The molecule has 6 nitrogen and oxygen atoms in total. The predicted molar refractivity (Wildman–Crippen MR) is 89.1 cm³/mol. The number of amides is 1. The van der Waals surface area contributed by atoms with Crippen LogP contribution in [0.1, 0.15) is 16.1 Å². The number of halogens is 3. The topological polar surface area (TPSA) is 78.2 Å². The van der Waals surface area contributed by atoms with E-state index in [1.165, 1.54) is 48.8 Å². The molecule has 0 bridgehead atoms. The van der Waals surface area contributed by atoms with Crippen LogP contribution in [0, 0.1) is 5.21 Å². The molecule has 0 spiro atoms. The Bertz CT molecular complexity index is 943. The molecule has 2 heterocycles. The van der Waals surface area contributed by atoms with Crippen molar-refractivity contribution in [1.82, 2.24) is 4.98 Å². The van der Waals surface area contributed by atoms with Crippen molar-refractivity contribution in [3.05, 3.63) is 83.5 Å². The van der Waals surface area contributed by atoms with Crippen LogP contribution >= 0.6 is 0 Å². The second kappa shape index (κ2) is 7.32. The van der Waals surface area contributed by atoms with Gasteiger partial charge in [0.1, 0.15) is 5.75 Å². The number of hydrogen-bond donors (Lipinski definition) is 1. The summed E-state index contributed by atoms with van der Waals surface area (Å²) in [6.45, 7) is 0. The van der Waals surface area contributed by atoms with Gasteiger partial charge in [0.25, 0.3) is 5.69 Å². The Hall–Kier alpha value is -3.62. The summed E-state index contributed by atoms with van der Waals surface area (Å²) >= 11 is 0. The van der Waals surface area contributed by atoms with E-state index < -0.39 is 17.6 Å². The van der Waals surface area contributed by atoms with Gasteiger partial charge < -0.3 is 15.3 Å². The van der Waals surface area contributed by atoms with Crippen LogP contribution in [0.15, 0.2) is 67.0 Å². The lowest BCUT2D eigenvalue weighted by Gasteiger charge is -2.09. The van der Waals surface area contributed by atoms with Crippen molar-refractivity contribution in [1.29, 1.82) is 0 Å². The third-order valence-electron chi connectivity index (χ3n) is 3.46. The Morgan fingerprint density at radius 3 is 2.41 bits per heavy atom. The Morgan fingerprint density at radius 1 is 1.07 bits per heavy atom. The molecule has 0 unspecified atom stereocenters. The van der Waals surface area contributed by atoms with Crippen LogP contribution in [-0.2, 0) is 6.18 Å². The average molecular weight is 375 g/mol. The number of ether oxygens (including phenoxy) is 1. The van der Waals surface area contributed by atoms with Gasteiger partial charge in [-0.25, -0.2) is 4.98 Å². The highest BCUT2D eigenvalue weighted by atomic mass is 19.4. The van der Waals surface area contributed by atoms with Crippen LogP contribution in [0.25, 0.3) is 0 Å². The number of benzene rings is 1. The van der Waals surface area contributed by atoms with E-state index in [0.29, 0.717) is 10.4 Å². The third-order valence-corrected chi connectivity index (χ3v) is 3.46. The van der Waals surface area contributed by atoms with Gasteiger partial charge in [-0.15, -0.1) is 0 Å². The lowest BCUT2D eigenvalue weighted by atomic mass is 10.2. The van der Waals surface area contributed by atoms with Crippen molar-refractivity contribution in [2.75, 3.05) is 5.32 Å². The Kier molecular flexibility index (Phi) is 4.93. The Labute approximate surface area is 151 Å². The van der Waals surface area contributed by atoms with Gasteiger partial charge in [-0.1, -0.05) is 0 Å². The summed E-state index contributed by atoms with van der Waals surface area (Å²) in [7, 11) is 0. The summed E-state index contributed by atoms with van der Waals surface area (Å²) in [5.41, 5.74) is -0.538. The molecule has 0 fully saturated rings. The summed E-state index contributed by atoms with van der Waals surface area (Å²) in [4.78, 5) is 16.0. The van der Waals surface area contributed by atoms with Crippen LogP contribution in [0.4, 0.5) is 18.9 Å². The predicted octanol–water partition coefficient (Wildman–Crippen LogP) is 3.78. The molecule has 9 heteroatoms. The second-order valence-corrected chi connectivity index (χ2v) is 5.38. The molecule has 0 radical (unpaired) electrons. The molecule has 138 valence electrons. The molecule has 3 aromatic rings. The molecule has 1 aromatic carbocycles. The fraction of sp³-hybridized carbons (Fsp3) is 0.0556. The fourth-order valence-corrected chi connectivity index (χ4v) is 2.15. The maximum atomic E-state index is 12.5. The highest BCUT2D eigenvalue weighted by molar-refractivity contribution is 6.01. The SMILES string of the molecule is O=C(Nc1ccc(Oc2ccc(C(F)(F)F)cc2)nc1)c1cccc[n+]1[O-]. The number of rotatable bonds is 4. The summed E-state index contributed by atoms with van der Waals surface area (Å²) < 4.78 is 43.4. The second-order valence-electron chi connectivity index (χ2n) is 5.38. The van der Waals surface area contributed by atoms with Gasteiger partial charge >= 0.3 is 12.1 Å². The van der Waals surface area contributed by atoms with E-state index in [0.717, 1.165) is 12.1 Å². The van der Waals surface area contributed by atoms with E-state index in [-0.39, 0.29) is 17.3 Å². The van der Waals surface area contributed by atoms with Crippen LogP contribution < -0.4 is 14.8 Å². The molecule has 1 amide bonds. The van der Waals surface area contributed by atoms with E-state index in [1.807, 2.05) is 0 Å². The lowest BCUT2D eigenvalue weighted by Crippen LogP contribution is -2.36. The number of nitrogens with one attached hydrogen (secondary N) is 1. The number of aromatic nitrogens is 2. The molecule has 0 aliphatic carbocycles. The van der Waals surface area contributed by atoms with E-state index in [1.54, 1.807) is 6.07 Å². The van der Waals surface area contributed by atoms with Gasteiger partial charge in [-0.05, 0) is 36.4 Å². The zero-order valence-electron chi connectivity index (χ0n) is 13.6. The molecule has 0 aliphatic heterocycles. The van der Waals surface area contributed by atoms with Gasteiger partial charge in [0.15, 0.2) is 6.20 Å². The standard InChI is InChI=1S/C18H12F3N3O3/c19-18(20,21)12-4-7-14(8-5-12)27-16-9-6-13(11-22-16)23-17(25)15-3-1-2-10-24(15)26/h1-11H,(H,23,25). The van der Waals surface area contributed by atoms with E-state index in [4.69, 9.17) is 4.74 Å². The van der Waals surface area contributed by atoms with E-state index >= 15 is 0 Å². The number of pyridine rings is 2. The minimum absolute atomic E-state index is 0.0809. The largest absolute Gasteiger partial charge is 0.618 e. The normalized spacial score (nSPS) is 11.1. The fourth-order valence-electron chi connectivity index (χ4n) is 2.15. The summed E-state index contributed by atoms with van der Waals surface area (Å²) in [5, 5.41) is 14.1. The molecule has 0 atom stereocenters. The van der Waals surface area contributed by atoms with Gasteiger partial charge in [0.2, 0.25) is 5.88 Å². The lowest BCUT2D eigenvalue weighted by molar-refractivity contribution is -0.607. The Morgan fingerprint density at radius 2 is 1.81 bits per heavy atom. The van der Waals surface area contributed by atoms with Gasteiger partial charge in [0.05, 0.1) is 17.4 Å². The summed E-state index contributed by atoms with van der Waals surface area (Å²) in [5.74, 6) is -0.292. The smallest absolute Gasteiger partial charge is 0.416 e. The van der Waals surface area contributed by atoms with Crippen molar-refractivity contribution in [2.24, 2.45) is 0 Å². The minimum atomic E-state index is -4.42. The van der Waals surface area contributed by atoms with Crippen molar-refractivity contribution >= 4 is 11.6 Å². The number of anilines is 1. The van der Waals surface area contributed by atoms with Gasteiger partial charge in [0, 0.05) is 18.2 Å². The van der Waals surface area contributed by atoms with Crippen LogP contribution in [0.5, 0.6) is 11.6 Å². The van der Waals surface area contributed by atoms with Crippen LogP contribution in [-0.4, -0.2) is 10.9 Å². The van der Waals surface area contributed by atoms with E-state index in [9.17, 15) is 23.2 Å². The number of carbonyl (C=O) groups is 1. The first kappa shape index (κ1) is 18.2. The first-order valence-electron chi connectivity index (χ1n) is 7.63. The summed E-state index contributed by atoms with van der Waals surface area (Å²) in [6, 6.07) is 11.5. The molecule has 2 aromatic heterocycles. The third kappa shape index (κ3) is 4.51. The first-order valence-corrected chi connectivity index (χ1v) is 7.63. The van der Waals surface area contributed by atoms with Crippen molar-refractivity contribution < 1.29 is 27.4 Å². The first-order chi connectivity index (χ1) is 12.8. The van der Waals surface area contributed by atoms with Crippen molar-refractivity contribution in [3.8, 4) is 11.6 Å². The van der Waals surface area contributed by atoms with Crippen molar-refractivity contribution in [2.45, 2.75) is 6.18 Å². The monoisotopic (exact) mass is 375 g/mol. The molecule has 0 saturated heterocycles. The van der Waals surface area contributed by atoms with Crippen LogP contribution in [0.3, 0.4) is 0 Å². The van der Waals surface area contributed by atoms with Gasteiger partial charge in [-0.2, -0.15) is 17.9 Å². The highest BCUT2D eigenvalue weighted by Gasteiger charge is 2.30. The summed E-state index contributed by atoms with van der Waals surface area (Å²) in [6.07, 6.45) is -1.92. The molecule has 1 N–H and O–H groups in total. The van der Waals surface area contributed by atoms with Crippen LogP contribution in [0.2, 0.25) is 0 Å². The maximum absolute atomic E-state index is 12.5. The quantitative estimate of drug-likeness (QED) is 0.556. The molecule has 27 heavy (non-hydrogen) atoms. The van der Waals surface area contributed by atoms with Gasteiger partial charge in [-0.3, -0.25) is 4.79 Å². The Balaban J connectivity index is 1.65. The zero-order valence-corrected chi connectivity index (χ0v) is 13.6. The van der Waals surface area contributed by atoms with Crippen molar-refractivity contribution in [3.63, 3.8) is 0 Å². The highest BCUT2D eigenvalue weighted by Crippen LogP contribution is 2.31. The molecule has 0 saturated carbocycles. The minimum Gasteiger partial charge on any atom is -0.618 e. The number of carbonyl (C=O) groups excluding carboxylic acids is 1. The van der Waals surface area contributed by atoms with E-state index in [2.05, 4.69) is 10.3 Å². The molecular formula is C18H12F3N3O3. The maximum Gasteiger partial charge on any atom is 0.416 e. The molecule has 0 aliphatic rings.